The van der Waals surface area contributed by atoms with Gasteiger partial charge >= 0.3 is 0 Å². The molecule has 3 aromatic rings. The summed E-state index contributed by atoms with van der Waals surface area (Å²) in [5.74, 6) is 1.69. The molecule has 0 N–H and O–H groups in total. The standard InChI is InChI=1S/C16H17N5/c1-16(2,3)15-20-19-14(12-7-5-4-6-8-12)21(15)13-9-17-11-18-10-13/h4-11H,1-3H3. The molecule has 3 rings (SSSR count). The van der Waals surface area contributed by atoms with E-state index in [-0.39, 0.29) is 5.41 Å². The summed E-state index contributed by atoms with van der Waals surface area (Å²) in [6.07, 6.45) is 5.07. The minimum Gasteiger partial charge on any atom is -0.275 e. The first-order valence-electron chi connectivity index (χ1n) is 6.84. The summed E-state index contributed by atoms with van der Waals surface area (Å²) < 4.78 is 2.02. The fourth-order valence-electron chi connectivity index (χ4n) is 2.20. The summed E-state index contributed by atoms with van der Waals surface area (Å²) in [5.41, 5.74) is 1.76. The van der Waals surface area contributed by atoms with Crippen molar-refractivity contribution in [3.8, 4) is 17.1 Å². The van der Waals surface area contributed by atoms with E-state index < -0.39 is 0 Å². The Morgan fingerprint density at radius 1 is 0.905 bits per heavy atom. The molecule has 106 valence electrons. The first-order valence-corrected chi connectivity index (χ1v) is 6.84. The molecule has 0 saturated carbocycles. The number of benzene rings is 1. The average Bonchev–Trinajstić information content (AvgIpc) is 2.94. The Bertz CT molecular complexity index is 726. The second kappa shape index (κ2) is 5.09. The lowest BCUT2D eigenvalue weighted by atomic mass is 9.95. The van der Waals surface area contributed by atoms with Gasteiger partial charge in [0, 0.05) is 11.0 Å². The van der Waals surface area contributed by atoms with E-state index in [1.54, 1.807) is 12.4 Å². The van der Waals surface area contributed by atoms with Crippen LogP contribution >= 0.6 is 0 Å². The van der Waals surface area contributed by atoms with Crippen LogP contribution < -0.4 is 0 Å². The van der Waals surface area contributed by atoms with Gasteiger partial charge in [0.05, 0.1) is 18.1 Å². The molecule has 0 spiro atoms. The molecule has 0 unspecified atom stereocenters. The van der Waals surface area contributed by atoms with E-state index >= 15 is 0 Å². The molecule has 21 heavy (non-hydrogen) atoms. The Balaban J connectivity index is 2.26. The van der Waals surface area contributed by atoms with Crippen LogP contribution in [0.4, 0.5) is 0 Å². The third kappa shape index (κ3) is 2.54. The number of aromatic nitrogens is 5. The first-order chi connectivity index (χ1) is 10.1. The van der Waals surface area contributed by atoms with Gasteiger partial charge in [-0.15, -0.1) is 10.2 Å². The highest BCUT2D eigenvalue weighted by molar-refractivity contribution is 5.58. The maximum Gasteiger partial charge on any atom is 0.168 e. The van der Waals surface area contributed by atoms with Gasteiger partial charge in [0.25, 0.3) is 0 Å². The van der Waals surface area contributed by atoms with Crippen molar-refractivity contribution in [2.45, 2.75) is 26.2 Å². The summed E-state index contributed by atoms with van der Waals surface area (Å²) in [6.45, 7) is 6.35. The van der Waals surface area contributed by atoms with Gasteiger partial charge in [0.15, 0.2) is 5.82 Å². The monoisotopic (exact) mass is 279 g/mol. The van der Waals surface area contributed by atoms with Crippen LogP contribution in [0.3, 0.4) is 0 Å². The molecule has 0 amide bonds. The van der Waals surface area contributed by atoms with E-state index in [0.29, 0.717) is 0 Å². The maximum atomic E-state index is 4.40. The van der Waals surface area contributed by atoms with E-state index in [1.807, 2.05) is 34.9 Å². The molecule has 0 fully saturated rings. The highest BCUT2D eigenvalue weighted by Crippen LogP contribution is 2.28. The molecule has 0 atom stereocenters. The smallest absolute Gasteiger partial charge is 0.168 e. The van der Waals surface area contributed by atoms with Crippen molar-refractivity contribution in [1.82, 2.24) is 24.7 Å². The molecule has 5 heteroatoms. The quantitative estimate of drug-likeness (QED) is 0.723. The molecule has 1 aromatic carbocycles. The van der Waals surface area contributed by atoms with Crippen LogP contribution in [0.15, 0.2) is 49.1 Å². The topological polar surface area (TPSA) is 56.5 Å². The van der Waals surface area contributed by atoms with Gasteiger partial charge in [-0.2, -0.15) is 0 Å². The minimum absolute atomic E-state index is 0.129. The molecular weight excluding hydrogens is 262 g/mol. The Kier molecular flexibility index (Phi) is 3.25. The fourth-order valence-corrected chi connectivity index (χ4v) is 2.20. The number of hydrogen-bond acceptors (Lipinski definition) is 4. The van der Waals surface area contributed by atoms with Gasteiger partial charge in [-0.25, -0.2) is 9.97 Å². The predicted octanol–water partition coefficient (Wildman–Crippen LogP) is 3.02. The van der Waals surface area contributed by atoms with Crippen molar-refractivity contribution in [2.24, 2.45) is 0 Å². The molecule has 2 aromatic heterocycles. The molecule has 0 radical (unpaired) electrons. The van der Waals surface area contributed by atoms with Gasteiger partial charge in [0.1, 0.15) is 12.2 Å². The highest BCUT2D eigenvalue weighted by Gasteiger charge is 2.25. The molecule has 0 aliphatic rings. The Labute approximate surface area is 123 Å². The van der Waals surface area contributed by atoms with Crippen molar-refractivity contribution < 1.29 is 0 Å². The Hall–Kier alpha value is -2.56. The largest absolute Gasteiger partial charge is 0.275 e. The second-order valence-corrected chi connectivity index (χ2v) is 5.90. The van der Waals surface area contributed by atoms with Gasteiger partial charge in [-0.05, 0) is 0 Å². The third-order valence-electron chi connectivity index (χ3n) is 3.17. The van der Waals surface area contributed by atoms with Gasteiger partial charge in [-0.1, -0.05) is 51.1 Å². The molecular formula is C16H17N5. The van der Waals surface area contributed by atoms with Crippen molar-refractivity contribution in [3.05, 3.63) is 54.9 Å². The SMILES string of the molecule is CC(C)(C)c1nnc(-c2ccccc2)n1-c1cncnc1. The molecule has 0 saturated heterocycles. The number of hydrogen-bond donors (Lipinski definition) is 0. The zero-order chi connectivity index (χ0) is 14.9. The number of nitrogens with zero attached hydrogens (tertiary/aromatic N) is 5. The summed E-state index contributed by atoms with van der Waals surface area (Å²) in [7, 11) is 0. The normalized spacial score (nSPS) is 11.6. The van der Waals surface area contributed by atoms with Crippen molar-refractivity contribution in [1.29, 1.82) is 0 Å². The van der Waals surface area contributed by atoms with Crippen LogP contribution in [0.5, 0.6) is 0 Å². The zero-order valence-electron chi connectivity index (χ0n) is 12.4. The highest BCUT2D eigenvalue weighted by atomic mass is 15.3. The minimum atomic E-state index is -0.129. The van der Waals surface area contributed by atoms with Crippen LogP contribution in [0.1, 0.15) is 26.6 Å². The lowest BCUT2D eigenvalue weighted by Crippen LogP contribution is -2.18. The average molecular weight is 279 g/mol. The summed E-state index contributed by atoms with van der Waals surface area (Å²) >= 11 is 0. The Morgan fingerprint density at radius 2 is 1.57 bits per heavy atom. The van der Waals surface area contributed by atoms with E-state index in [9.17, 15) is 0 Å². The van der Waals surface area contributed by atoms with Crippen LogP contribution in [0.25, 0.3) is 17.1 Å². The molecule has 2 heterocycles. The lowest BCUT2D eigenvalue weighted by Gasteiger charge is -2.19. The summed E-state index contributed by atoms with van der Waals surface area (Å²) in [6, 6.07) is 10.0. The number of rotatable bonds is 2. The third-order valence-corrected chi connectivity index (χ3v) is 3.17. The van der Waals surface area contributed by atoms with Crippen molar-refractivity contribution >= 4 is 0 Å². The van der Waals surface area contributed by atoms with Crippen molar-refractivity contribution in [2.75, 3.05) is 0 Å². The molecule has 0 aliphatic carbocycles. The van der Waals surface area contributed by atoms with E-state index in [0.717, 1.165) is 22.9 Å². The predicted molar refractivity (Wildman–Crippen MR) is 81.1 cm³/mol. The van der Waals surface area contributed by atoms with Crippen molar-refractivity contribution in [3.63, 3.8) is 0 Å². The van der Waals surface area contributed by atoms with Crippen LogP contribution in [-0.2, 0) is 5.41 Å². The van der Waals surface area contributed by atoms with Gasteiger partial charge in [-0.3, -0.25) is 4.57 Å². The van der Waals surface area contributed by atoms with Crippen LogP contribution in [-0.4, -0.2) is 24.7 Å². The summed E-state index contributed by atoms with van der Waals surface area (Å²) in [5, 5.41) is 8.78. The molecule has 5 nitrogen and oxygen atoms in total. The second-order valence-electron chi connectivity index (χ2n) is 5.90. The first kappa shape index (κ1) is 13.4. The Morgan fingerprint density at radius 3 is 2.19 bits per heavy atom. The maximum absolute atomic E-state index is 4.40. The lowest BCUT2D eigenvalue weighted by molar-refractivity contribution is 0.533. The fraction of sp³-hybridized carbons (Fsp3) is 0.250. The van der Waals surface area contributed by atoms with Gasteiger partial charge in [0.2, 0.25) is 0 Å². The zero-order valence-corrected chi connectivity index (χ0v) is 12.4. The molecule has 0 aliphatic heterocycles. The van der Waals surface area contributed by atoms with E-state index in [2.05, 4.69) is 40.9 Å². The molecule has 0 bridgehead atoms. The van der Waals surface area contributed by atoms with E-state index in [4.69, 9.17) is 0 Å². The van der Waals surface area contributed by atoms with Crippen LogP contribution in [0, 0.1) is 0 Å². The van der Waals surface area contributed by atoms with E-state index in [1.165, 1.54) is 6.33 Å². The summed E-state index contributed by atoms with van der Waals surface area (Å²) in [4.78, 5) is 8.22. The van der Waals surface area contributed by atoms with Crippen LogP contribution in [0.2, 0.25) is 0 Å². The van der Waals surface area contributed by atoms with Gasteiger partial charge < -0.3 is 0 Å².